The van der Waals surface area contributed by atoms with Crippen molar-refractivity contribution in [1.29, 1.82) is 0 Å². The number of carbonyl (C=O) groups excluding carboxylic acids is 1. The molecule has 5 nitrogen and oxygen atoms in total. The lowest BCUT2D eigenvalue weighted by Crippen LogP contribution is -2.64. The largest absolute Gasteiger partial charge is 0.480 e. The van der Waals surface area contributed by atoms with Crippen LogP contribution in [-0.4, -0.2) is 44.1 Å². The zero-order valence-electron chi connectivity index (χ0n) is 8.30. The Labute approximate surface area is 91.2 Å². The number of fused-ring (bicyclic) bond motifs is 1. The van der Waals surface area contributed by atoms with Crippen molar-refractivity contribution in [2.45, 2.75) is 36.1 Å². The van der Waals surface area contributed by atoms with Gasteiger partial charge >= 0.3 is 17.9 Å². The second-order valence-electron chi connectivity index (χ2n) is 4.17. The molecule has 15 heavy (non-hydrogen) atoms. The van der Waals surface area contributed by atoms with Crippen LogP contribution >= 0.6 is 11.8 Å². The van der Waals surface area contributed by atoms with Crippen molar-refractivity contribution in [3.05, 3.63) is 11.4 Å². The molecule has 6 heteroatoms. The van der Waals surface area contributed by atoms with Crippen LogP contribution in [0.15, 0.2) is 0 Å². The van der Waals surface area contributed by atoms with Crippen LogP contribution in [0, 0.1) is 6.57 Å². The molecule has 2 heterocycles. The molecule has 0 aromatic heterocycles. The van der Waals surface area contributed by atoms with E-state index < -0.39 is 22.8 Å². The molecule has 0 spiro atoms. The van der Waals surface area contributed by atoms with Gasteiger partial charge < -0.3 is 10.0 Å². The van der Waals surface area contributed by atoms with E-state index >= 15 is 0 Å². The average Bonchev–Trinajstić information content (AvgIpc) is 2.35. The molecule has 1 N–H and O–H groups in total. The van der Waals surface area contributed by atoms with Gasteiger partial charge in [0.2, 0.25) is 0 Å². The highest BCUT2D eigenvalue weighted by Gasteiger charge is 2.67. The molecule has 0 radical (unpaired) electrons. The number of amides is 1. The van der Waals surface area contributed by atoms with Crippen LogP contribution in [0.4, 0.5) is 0 Å². The maximum absolute atomic E-state index is 11.5. The summed E-state index contributed by atoms with van der Waals surface area (Å²) in [6.07, 6.45) is 0. The molecule has 2 aliphatic heterocycles. The van der Waals surface area contributed by atoms with Crippen molar-refractivity contribution in [2.75, 3.05) is 0 Å². The first-order valence-electron chi connectivity index (χ1n) is 4.49. The fourth-order valence-corrected chi connectivity index (χ4v) is 3.72. The third kappa shape index (κ3) is 1.16. The Hall–Kier alpha value is -1.22. The lowest BCUT2D eigenvalue weighted by molar-refractivity contribution is -0.157. The molecular formula is C9H10N2O3S. The van der Waals surface area contributed by atoms with Crippen molar-refractivity contribution in [1.82, 2.24) is 4.90 Å². The maximum Gasteiger partial charge on any atom is 0.329 e. The third-order valence-electron chi connectivity index (χ3n) is 2.79. The average molecular weight is 226 g/mol. The molecule has 80 valence electrons. The topological polar surface area (TPSA) is 62.0 Å². The fraction of sp³-hybridized carbons (Fsp3) is 0.667. The Balaban J connectivity index is 2.33. The summed E-state index contributed by atoms with van der Waals surface area (Å²) in [6.45, 7) is 10.5. The number of rotatable bonds is 1. The second kappa shape index (κ2) is 2.89. The minimum Gasteiger partial charge on any atom is -0.480 e. The monoisotopic (exact) mass is 226 g/mol. The number of hydrogen-bond acceptors (Lipinski definition) is 3. The summed E-state index contributed by atoms with van der Waals surface area (Å²) < 4.78 is -0.522. The van der Waals surface area contributed by atoms with Crippen molar-refractivity contribution in [3.63, 3.8) is 0 Å². The van der Waals surface area contributed by atoms with E-state index in [2.05, 4.69) is 4.85 Å². The summed E-state index contributed by atoms with van der Waals surface area (Å²) in [6, 6.07) is -1.49. The van der Waals surface area contributed by atoms with Gasteiger partial charge in [-0.3, -0.25) is 9.64 Å². The molecule has 0 saturated carbocycles. The number of carbonyl (C=O) groups is 2. The number of thioether (sulfide) groups is 1. The van der Waals surface area contributed by atoms with Crippen LogP contribution in [0.3, 0.4) is 0 Å². The molecule has 2 saturated heterocycles. The number of hydrogen-bond donors (Lipinski definition) is 1. The Morgan fingerprint density at radius 1 is 1.67 bits per heavy atom. The molecule has 1 amide bonds. The first kappa shape index (κ1) is 10.3. The first-order chi connectivity index (χ1) is 6.90. The van der Waals surface area contributed by atoms with Crippen LogP contribution in [0.25, 0.3) is 4.85 Å². The van der Waals surface area contributed by atoms with Gasteiger partial charge in [0.05, 0.1) is 0 Å². The van der Waals surface area contributed by atoms with Crippen LogP contribution in [-0.2, 0) is 9.59 Å². The van der Waals surface area contributed by atoms with E-state index in [1.54, 1.807) is 13.8 Å². The Kier molecular flexibility index (Phi) is 1.98. The molecule has 0 aromatic rings. The molecule has 0 bridgehead atoms. The summed E-state index contributed by atoms with van der Waals surface area (Å²) in [7, 11) is 0. The molecule has 2 rings (SSSR count). The van der Waals surface area contributed by atoms with Crippen LogP contribution in [0.2, 0.25) is 0 Å². The minimum atomic E-state index is -0.994. The highest BCUT2D eigenvalue weighted by molar-refractivity contribution is 8.01. The minimum absolute atomic E-state index is 0.272. The lowest BCUT2D eigenvalue weighted by atomic mass is 9.96. The molecule has 2 aliphatic rings. The molecule has 0 aliphatic carbocycles. The smallest absolute Gasteiger partial charge is 0.329 e. The third-order valence-corrected chi connectivity index (χ3v) is 4.34. The van der Waals surface area contributed by atoms with E-state index in [4.69, 9.17) is 11.7 Å². The van der Waals surface area contributed by atoms with Gasteiger partial charge in [0.25, 0.3) is 0 Å². The highest BCUT2D eigenvalue weighted by atomic mass is 32.2. The van der Waals surface area contributed by atoms with E-state index in [0.29, 0.717) is 0 Å². The number of carboxylic acids is 1. The van der Waals surface area contributed by atoms with E-state index in [-0.39, 0.29) is 11.3 Å². The Morgan fingerprint density at radius 3 is 2.73 bits per heavy atom. The van der Waals surface area contributed by atoms with E-state index in [1.165, 1.54) is 16.7 Å². The van der Waals surface area contributed by atoms with E-state index in [0.717, 1.165) is 0 Å². The highest BCUT2D eigenvalue weighted by Crippen LogP contribution is 2.51. The summed E-state index contributed by atoms with van der Waals surface area (Å²) in [5.41, 5.74) is 0. The Bertz CT molecular complexity index is 387. The number of nitrogens with zero attached hydrogens (tertiary/aromatic N) is 2. The van der Waals surface area contributed by atoms with Crippen molar-refractivity contribution in [2.24, 2.45) is 0 Å². The van der Waals surface area contributed by atoms with Gasteiger partial charge in [-0.15, -0.1) is 11.8 Å². The second-order valence-corrected chi connectivity index (χ2v) is 5.94. The first-order valence-corrected chi connectivity index (χ1v) is 5.37. The van der Waals surface area contributed by atoms with E-state index in [1.807, 2.05) is 0 Å². The number of carboxylic acid groups (broad SMARTS) is 1. The van der Waals surface area contributed by atoms with Gasteiger partial charge in [-0.1, -0.05) is 0 Å². The van der Waals surface area contributed by atoms with Gasteiger partial charge in [0.1, 0.15) is 6.04 Å². The summed E-state index contributed by atoms with van der Waals surface area (Å²) in [4.78, 5) is 27.1. The summed E-state index contributed by atoms with van der Waals surface area (Å²) >= 11 is 1.40. The SMILES string of the molecule is [C-]#[N+][C@@H]1C(=O)N2[C@@H]1SC(C)(C)[C@@H]2C(=O)O. The van der Waals surface area contributed by atoms with Crippen molar-refractivity contribution >= 4 is 23.6 Å². The zero-order valence-corrected chi connectivity index (χ0v) is 9.11. The molecule has 3 atom stereocenters. The molecule has 0 unspecified atom stereocenters. The van der Waals surface area contributed by atoms with Crippen LogP contribution in [0.5, 0.6) is 0 Å². The molecule has 0 aromatic carbocycles. The number of β-lactam (4-membered cyclic amide) rings is 1. The van der Waals surface area contributed by atoms with Crippen molar-refractivity contribution in [3.8, 4) is 0 Å². The lowest BCUT2D eigenvalue weighted by Gasteiger charge is -2.36. The predicted octanol–water partition coefficient (Wildman–Crippen LogP) is 0.421. The van der Waals surface area contributed by atoms with Crippen LogP contribution in [0.1, 0.15) is 13.8 Å². The van der Waals surface area contributed by atoms with Gasteiger partial charge in [-0.25, -0.2) is 11.4 Å². The van der Waals surface area contributed by atoms with Crippen molar-refractivity contribution < 1.29 is 14.7 Å². The predicted molar refractivity (Wildman–Crippen MR) is 54.1 cm³/mol. The summed E-state index contributed by atoms with van der Waals surface area (Å²) in [5.74, 6) is -1.34. The number of aliphatic carboxylic acids is 1. The zero-order chi connectivity index (χ0) is 11.4. The van der Waals surface area contributed by atoms with Gasteiger partial charge in [0.15, 0.2) is 5.37 Å². The fourth-order valence-electron chi connectivity index (χ4n) is 2.11. The standard InChI is InChI=1S/C9H10N2O3S/c1-9(2)5(8(13)14)11-6(12)4(10-3)7(11)15-9/h4-5,7H,1-2H3,(H,13,14)/t4-,5+,7-/m1/s1. The van der Waals surface area contributed by atoms with Crippen LogP contribution < -0.4 is 0 Å². The summed E-state index contributed by atoms with van der Waals surface area (Å²) in [5, 5.41) is 8.79. The normalized spacial score (nSPS) is 36.7. The Morgan fingerprint density at radius 2 is 2.27 bits per heavy atom. The quantitative estimate of drug-likeness (QED) is 0.520. The molecular weight excluding hydrogens is 216 g/mol. The van der Waals surface area contributed by atoms with E-state index in [9.17, 15) is 9.59 Å². The maximum atomic E-state index is 11.5. The van der Waals surface area contributed by atoms with Gasteiger partial charge in [-0.2, -0.15) is 0 Å². The van der Waals surface area contributed by atoms with Gasteiger partial charge in [0, 0.05) is 4.75 Å². The van der Waals surface area contributed by atoms with Gasteiger partial charge in [-0.05, 0) is 13.8 Å². The molecule has 2 fully saturated rings.